The van der Waals surface area contributed by atoms with Gasteiger partial charge in [0.1, 0.15) is 12.4 Å². The summed E-state index contributed by atoms with van der Waals surface area (Å²) in [6.07, 6.45) is 3.31. The number of ether oxygens (including phenoxy) is 2. The van der Waals surface area contributed by atoms with Crippen LogP contribution in [0.3, 0.4) is 0 Å². The third kappa shape index (κ3) is 5.76. The number of nitrogens with zero attached hydrogens (tertiary/aromatic N) is 1. The summed E-state index contributed by atoms with van der Waals surface area (Å²) in [6.45, 7) is 10.7. The molecule has 0 saturated carbocycles. The second-order valence-corrected chi connectivity index (χ2v) is 7.15. The zero-order chi connectivity index (χ0) is 17.5. The Morgan fingerprint density at radius 3 is 2.50 bits per heavy atom. The molecule has 1 N–H and O–H groups in total. The second kappa shape index (κ2) is 9.40. The average Bonchev–Trinajstić information content (AvgIpc) is 2.54. The van der Waals surface area contributed by atoms with Crippen LogP contribution in [0.4, 0.5) is 0 Å². The third-order valence-electron chi connectivity index (χ3n) is 5.08. The fourth-order valence-corrected chi connectivity index (χ4v) is 3.37. The highest BCUT2D eigenvalue weighted by Crippen LogP contribution is 2.22. The molecule has 1 aliphatic rings. The maximum absolute atomic E-state index is 10.2. The van der Waals surface area contributed by atoms with Crippen LogP contribution in [0.5, 0.6) is 5.75 Å². The number of aliphatic hydroxyl groups excluding tert-OH is 1. The predicted molar refractivity (Wildman–Crippen MR) is 97.7 cm³/mol. The van der Waals surface area contributed by atoms with E-state index in [0.717, 1.165) is 5.75 Å². The summed E-state index contributed by atoms with van der Waals surface area (Å²) in [4.78, 5) is 2.41. The normalized spacial score (nSPS) is 23.2. The molecule has 0 unspecified atom stereocenters. The smallest absolute Gasteiger partial charge is 0.119 e. The van der Waals surface area contributed by atoms with E-state index in [1.807, 2.05) is 12.1 Å². The number of rotatable bonds is 8. The van der Waals surface area contributed by atoms with Gasteiger partial charge in [-0.2, -0.15) is 0 Å². The van der Waals surface area contributed by atoms with Crippen molar-refractivity contribution in [2.75, 3.05) is 26.4 Å². The summed E-state index contributed by atoms with van der Waals surface area (Å²) in [7, 11) is 0. The van der Waals surface area contributed by atoms with Crippen molar-refractivity contribution in [1.29, 1.82) is 0 Å². The number of likely N-dealkylation sites (tertiary alicyclic amines) is 1. The molecule has 136 valence electrons. The van der Waals surface area contributed by atoms with Gasteiger partial charge in [0.2, 0.25) is 0 Å². The van der Waals surface area contributed by atoms with Crippen LogP contribution in [-0.2, 0) is 4.74 Å². The van der Waals surface area contributed by atoms with E-state index in [2.05, 4.69) is 38.7 Å². The van der Waals surface area contributed by atoms with Crippen molar-refractivity contribution in [3.05, 3.63) is 29.3 Å². The lowest BCUT2D eigenvalue weighted by molar-refractivity contribution is -0.0141. The number of aliphatic hydroxyl groups is 1. The van der Waals surface area contributed by atoms with E-state index in [4.69, 9.17) is 9.47 Å². The van der Waals surface area contributed by atoms with Crippen LogP contribution in [0.25, 0.3) is 0 Å². The lowest BCUT2D eigenvalue weighted by atomic mass is 9.97. The van der Waals surface area contributed by atoms with Gasteiger partial charge < -0.3 is 14.6 Å². The van der Waals surface area contributed by atoms with E-state index in [-0.39, 0.29) is 0 Å². The number of piperidine rings is 1. The van der Waals surface area contributed by atoms with Crippen LogP contribution in [0.1, 0.15) is 44.2 Å². The topological polar surface area (TPSA) is 41.9 Å². The molecular weight excluding hydrogens is 302 g/mol. The summed E-state index contributed by atoms with van der Waals surface area (Å²) < 4.78 is 11.3. The molecule has 3 atom stereocenters. The van der Waals surface area contributed by atoms with Crippen LogP contribution in [0, 0.1) is 13.8 Å². The Hall–Kier alpha value is -1.10. The van der Waals surface area contributed by atoms with E-state index in [1.54, 1.807) is 0 Å². The maximum atomic E-state index is 10.2. The van der Waals surface area contributed by atoms with E-state index in [9.17, 15) is 5.11 Å². The number of benzene rings is 1. The van der Waals surface area contributed by atoms with Crippen LogP contribution >= 0.6 is 0 Å². The van der Waals surface area contributed by atoms with Gasteiger partial charge in [0.25, 0.3) is 0 Å². The molecule has 1 aliphatic heterocycles. The van der Waals surface area contributed by atoms with Crippen molar-refractivity contribution < 1.29 is 14.6 Å². The third-order valence-corrected chi connectivity index (χ3v) is 5.08. The van der Waals surface area contributed by atoms with Crippen molar-refractivity contribution in [2.24, 2.45) is 0 Å². The maximum Gasteiger partial charge on any atom is 0.119 e. The van der Waals surface area contributed by atoms with Gasteiger partial charge >= 0.3 is 0 Å². The van der Waals surface area contributed by atoms with Gasteiger partial charge in [-0.25, -0.2) is 0 Å². The van der Waals surface area contributed by atoms with Crippen molar-refractivity contribution in [3.63, 3.8) is 0 Å². The minimum atomic E-state index is -0.436. The van der Waals surface area contributed by atoms with Gasteiger partial charge in [-0.15, -0.1) is 0 Å². The Kier molecular flexibility index (Phi) is 7.53. The summed E-state index contributed by atoms with van der Waals surface area (Å²) in [5, 5.41) is 10.2. The Labute approximate surface area is 146 Å². The largest absolute Gasteiger partial charge is 0.491 e. The van der Waals surface area contributed by atoms with Gasteiger partial charge in [-0.3, -0.25) is 4.90 Å². The number of hydrogen-bond donors (Lipinski definition) is 1. The summed E-state index contributed by atoms with van der Waals surface area (Å²) in [6, 6.07) is 7.20. The van der Waals surface area contributed by atoms with E-state index in [1.165, 1.54) is 30.4 Å². The Bertz CT molecular complexity index is 496. The van der Waals surface area contributed by atoms with E-state index >= 15 is 0 Å². The molecule has 1 aromatic rings. The first-order chi connectivity index (χ1) is 11.5. The molecule has 0 spiro atoms. The molecule has 1 aromatic carbocycles. The molecule has 1 fully saturated rings. The second-order valence-electron chi connectivity index (χ2n) is 7.15. The van der Waals surface area contributed by atoms with Crippen LogP contribution < -0.4 is 4.74 Å². The number of β-amino-alcohol motifs (C(OH)–C–C–N with tert-alkyl or cyclic N) is 1. The molecule has 4 nitrogen and oxygen atoms in total. The Balaban J connectivity index is 1.62. The number of hydrogen-bond acceptors (Lipinski definition) is 4. The summed E-state index contributed by atoms with van der Waals surface area (Å²) in [5.74, 6) is 0.873. The lowest BCUT2D eigenvalue weighted by Gasteiger charge is -2.40. The minimum absolute atomic E-state index is 0.367. The minimum Gasteiger partial charge on any atom is -0.491 e. The van der Waals surface area contributed by atoms with Crippen molar-refractivity contribution in [1.82, 2.24) is 4.90 Å². The van der Waals surface area contributed by atoms with E-state index in [0.29, 0.717) is 38.4 Å². The first kappa shape index (κ1) is 19.2. The lowest BCUT2D eigenvalue weighted by Crippen LogP contribution is -2.48. The quantitative estimate of drug-likeness (QED) is 0.740. The fraction of sp³-hybridized carbons (Fsp3) is 0.700. The molecule has 0 aromatic heterocycles. The fourth-order valence-electron chi connectivity index (χ4n) is 3.37. The standard InChI is InChI=1S/C20H33NO3/c1-15-8-9-20(12-16(15)2)24-11-10-23-14-19(22)13-21-17(3)6-5-7-18(21)4/h8-9,12,17-19,22H,5-7,10-11,13-14H2,1-4H3/t17-,18-,19-/m1/s1. The van der Waals surface area contributed by atoms with Crippen LogP contribution in [0.2, 0.25) is 0 Å². The van der Waals surface area contributed by atoms with Crippen molar-refractivity contribution in [2.45, 2.75) is 65.1 Å². The molecule has 2 rings (SSSR count). The average molecular weight is 335 g/mol. The SMILES string of the molecule is Cc1ccc(OCCOC[C@H](O)CN2[C@H](C)CCC[C@H]2C)cc1C. The van der Waals surface area contributed by atoms with Gasteiger partial charge in [-0.05, 0) is 63.8 Å². The molecule has 0 amide bonds. The monoisotopic (exact) mass is 335 g/mol. The highest BCUT2D eigenvalue weighted by Gasteiger charge is 2.26. The highest BCUT2D eigenvalue weighted by molar-refractivity contribution is 5.33. The molecule has 0 bridgehead atoms. The Morgan fingerprint density at radius 2 is 1.83 bits per heavy atom. The van der Waals surface area contributed by atoms with Crippen molar-refractivity contribution >= 4 is 0 Å². The molecule has 0 radical (unpaired) electrons. The first-order valence-corrected chi connectivity index (χ1v) is 9.19. The van der Waals surface area contributed by atoms with Gasteiger partial charge in [-0.1, -0.05) is 12.5 Å². The van der Waals surface area contributed by atoms with Gasteiger partial charge in [0.15, 0.2) is 0 Å². The molecular formula is C20H33NO3. The van der Waals surface area contributed by atoms with Gasteiger partial charge in [0.05, 0.1) is 19.3 Å². The molecule has 4 heteroatoms. The van der Waals surface area contributed by atoms with Gasteiger partial charge in [0, 0.05) is 18.6 Å². The highest BCUT2D eigenvalue weighted by atomic mass is 16.5. The van der Waals surface area contributed by atoms with E-state index < -0.39 is 6.10 Å². The predicted octanol–water partition coefficient (Wildman–Crippen LogP) is 3.32. The molecule has 0 aliphatic carbocycles. The molecule has 1 heterocycles. The van der Waals surface area contributed by atoms with Crippen molar-refractivity contribution in [3.8, 4) is 5.75 Å². The first-order valence-electron chi connectivity index (χ1n) is 9.19. The summed E-state index contributed by atoms with van der Waals surface area (Å²) in [5.41, 5.74) is 2.50. The molecule has 1 saturated heterocycles. The Morgan fingerprint density at radius 1 is 1.12 bits per heavy atom. The summed E-state index contributed by atoms with van der Waals surface area (Å²) >= 11 is 0. The van der Waals surface area contributed by atoms with Crippen LogP contribution in [-0.4, -0.2) is 54.6 Å². The molecule has 24 heavy (non-hydrogen) atoms. The zero-order valence-corrected chi connectivity index (χ0v) is 15.6. The van der Waals surface area contributed by atoms with Crippen LogP contribution in [0.15, 0.2) is 18.2 Å². The zero-order valence-electron chi connectivity index (χ0n) is 15.6. The number of aryl methyl sites for hydroxylation is 2.